The molecule has 0 radical (unpaired) electrons. The van der Waals surface area contributed by atoms with E-state index in [1.807, 2.05) is 6.92 Å². The lowest BCUT2D eigenvalue weighted by atomic mass is 10.3. The fourth-order valence-electron chi connectivity index (χ4n) is 0.805. The predicted octanol–water partition coefficient (Wildman–Crippen LogP) is 0.346. The smallest absolute Gasteiger partial charge is 0.293 e. The normalized spacial score (nSPS) is 10.0. The summed E-state index contributed by atoms with van der Waals surface area (Å²) in [6.45, 7) is 3.48. The Labute approximate surface area is 63.9 Å². The van der Waals surface area contributed by atoms with Crippen LogP contribution in [-0.2, 0) is 6.42 Å². The Morgan fingerprint density at radius 2 is 2.27 bits per heavy atom. The van der Waals surface area contributed by atoms with E-state index in [0.29, 0.717) is 17.9 Å². The maximum atomic E-state index is 10.9. The first kappa shape index (κ1) is 7.78. The minimum Gasteiger partial charge on any atom is -0.502 e. The number of aryl methyl sites for hydroxylation is 2. The number of hydrogen-bond acceptors (Lipinski definition) is 3. The highest BCUT2D eigenvalue weighted by molar-refractivity contribution is 5.21. The van der Waals surface area contributed by atoms with Crippen molar-refractivity contribution in [1.82, 2.24) is 9.97 Å². The third-order valence-electron chi connectivity index (χ3n) is 1.45. The minimum absolute atomic E-state index is 0.290. The van der Waals surface area contributed by atoms with E-state index < -0.39 is 5.56 Å². The fourth-order valence-corrected chi connectivity index (χ4v) is 0.805. The number of aromatic nitrogens is 2. The monoisotopic (exact) mass is 154 g/mol. The van der Waals surface area contributed by atoms with E-state index >= 15 is 0 Å². The molecular formula is C7H10N2O2. The molecule has 0 aliphatic rings. The van der Waals surface area contributed by atoms with Crippen molar-refractivity contribution >= 4 is 0 Å². The van der Waals surface area contributed by atoms with Crippen LogP contribution in [0.4, 0.5) is 0 Å². The van der Waals surface area contributed by atoms with Gasteiger partial charge in [-0.05, 0) is 6.92 Å². The topological polar surface area (TPSA) is 66.0 Å². The standard InChI is InChI=1S/C7H10N2O2/c1-3-5-8-4(2)6(10)7(11)9-5/h10H,3H2,1-2H3,(H,8,9,11). The van der Waals surface area contributed by atoms with Crippen LogP contribution < -0.4 is 5.56 Å². The molecule has 0 aliphatic heterocycles. The Morgan fingerprint density at radius 1 is 1.64 bits per heavy atom. The van der Waals surface area contributed by atoms with Crippen molar-refractivity contribution in [3.8, 4) is 5.75 Å². The Hall–Kier alpha value is -1.32. The van der Waals surface area contributed by atoms with Crippen molar-refractivity contribution in [3.05, 3.63) is 21.9 Å². The molecule has 60 valence electrons. The highest BCUT2D eigenvalue weighted by Crippen LogP contribution is 2.04. The van der Waals surface area contributed by atoms with Crippen molar-refractivity contribution in [1.29, 1.82) is 0 Å². The molecule has 0 fully saturated rings. The lowest BCUT2D eigenvalue weighted by Gasteiger charge is -1.98. The predicted molar refractivity (Wildman–Crippen MR) is 40.6 cm³/mol. The molecule has 1 heterocycles. The van der Waals surface area contributed by atoms with E-state index in [9.17, 15) is 4.79 Å². The Kier molecular flexibility index (Phi) is 1.94. The van der Waals surface area contributed by atoms with Crippen LogP contribution >= 0.6 is 0 Å². The van der Waals surface area contributed by atoms with E-state index in [1.54, 1.807) is 6.92 Å². The Balaban J connectivity index is 3.32. The van der Waals surface area contributed by atoms with Crippen molar-refractivity contribution < 1.29 is 5.11 Å². The van der Waals surface area contributed by atoms with E-state index in [0.717, 1.165) is 0 Å². The van der Waals surface area contributed by atoms with E-state index in [4.69, 9.17) is 5.11 Å². The number of aromatic hydroxyl groups is 1. The summed E-state index contributed by atoms with van der Waals surface area (Å²) in [4.78, 5) is 17.3. The van der Waals surface area contributed by atoms with Crippen molar-refractivity contribution in [2.45, 2.75) is 20.3 Å². The molecule has 0 saturated carbocycles. The van der Waals surface area contributed by atoms with E-state index in [-0.39, 0.29) is 5.75 Å². The molecule has 1 aromatic rings. The van der Waals surface area contributed by atoms with Crippen molar-refractivity contribution in [3.63, 3.8) is 0 Å². The number of nitrogens with one attached hydrogen (secondary N) is 1. The zero-order valence-corrected chi connectivity index (χ0v) is 6.51. The second-order valence-electron chi connectivity index (χ2n) is 2.30. The third-order valence-corrected chi connectivity index (χ3v) is 1.45. The van der Waals surface area contributed by atoms with Crippen LogP contribution in [0.5, 0.6) is 5.75 Å². The van der Waals surface area contributed by atoms with Gasteiger partial charge in [-0.1, -0.05) is 6.92 Å². The molecule has 0 bridgehead atoms. The van der Waals surface area contributed by atoms with Gasteiger partial charge in [-0.15, -0.1) is 0 Å². The first-order chi connectivity index (χ1) is 5.15. The summed E-state index contributed by atoms with van der Waals surface area (Å²) in [5.41, 5.74) is -0.0834. The van der Waals surface area contributed by atoms with Gasteiger partial charge in [0.15, 0.2) is 0 Å². The largest absolute Gasteiger partial charge is 0.502 e. The van der Waals surface area contributed by atoms with Gasteiger partial charge in [0.1, 0.15) is 5.82 Å². The van der Waals surface area contributed by atoms with E-state index in [2.05, 4.69) is 9.97 Å². The number of hydrogen-bond donors (Lipinski definition) is 2. The van der Waals surface area contributed by atoms with Gasteiger partial charge in [-0.25, -0.2) is 4.98 Å². The van der Waals surface area contributed by atoms with Crippen LogP contribution in [0.15, 0.2) is 4.79 Å². The number of aromatic amines is 1. The first-order valence-electron chi connectivity index (χ1n) is 3.44. The second kappa shape index (κ2) is 2.74. The van der Waals surface area contributed by atoms with Gasteiger partial charge < -0.3 is 10.1 Å². The van der Waals surface area contributed by atoms with Crippen LogP contribution in [0.25, 0.3) is 0 Å². The maximum Gasteiger partial charge on any atom is 0.293 e. The SMILES string of the molecule is CCc1nc(C)c(O)c(=O)[nH]1. The van der Waals surface area contributed by atoms with Gasteiger partial charge in [-0.2, -0.15) is 0 Å². The summed E-state index contributed by atoms with van der Waals surface area (Å²) in [5.74, 6) is 0.313. The molecule has 0 amide bonds. The molecule has 1 rings (SSSR count). The first-order valence-corrected chi connectivity index (χ1v) is 3.44. The minimum atomic E-state index is -0.464. The van der Waals surface area contributed by atoms with Crippen LogP contribution in [0, 0.1) is 6.92 Å². The molecule has 0 unspecified atom stereocenters. The van der Waals surface area contributed by atoms with Gasteiger partial charge in [0.25, 0.3) is 5.56 Å². The average molecular weight is 154 g/mol. The molecule has 4 heteroatoms. The van der Waals surface area contributed by atoms with Gasteiger partial charge >= 0.3 is 0 Å². The number of nitrogens with zero attached hydrogens (tertiary/aromatic N) is 1. The molecule has 0 spiro atoms. The van der Waals surface area contributed by atoms with Gasteiger partial charge in [-0.3, -0.25) is 4.79 Å². The summed E-state index contributed by atoms with van der Waals surface area (Å²) in [7, 11) is 0. The molecular weight excluding hydrogens is 144 g/mol. The molecule has 1 aromatic heterocycles. The molecule has 0 aromatic carbocycles. The summed E-state index contributed by atoms with van der Waals surface area (Å²) in [6.07, 6.45) is 0.663. The number of H-pyrrole nitrogens is 1. The summed E-state index contributed by atoms with van der Waals surface area (Å²) < 4.78 is 0. The Morgan fingerprint density at radius 3 is 2.73 bits per heavy atom. The number of rotatable bonds is 1. The molecule has 0 atom stereocenters. The van der Waals surface area contributed by atoms with Gasteiger partial charge in [0.05, 0.1) is 5.69 Å². The molecule has 0 saturated heterocycles. The summed E-state index contributed by atoms with van der Waals surface area (Å²) in [6, 6.07) is 0. The van der Waals surface area contributed by atoms with Gasteiger partial charge in [0, 0.05) is 6.42 Å². The molecule has 11 heavy (non-hydrogen) atoms. The lowest BCUT2D eigenvalue weighted by Crippen LogP contribution is -2.11. The van der Waals surface area contributed by atoms with Crippen molar-refractivity contribution in [2.75, 3.05) is 0 Å². The average Bonchev–Trinajstić information content (AvgIpc) is 1.99. The quantitative estimate of drug-likeness (QED) is 0.613. The zero-order valence-electron chi connectivity index (χ0n) is 6.51. The molecule has 4 nitrogen and oxygen atoms in total. The molecule has 2 N–H and O–H groups in total. The van der Waals surface area contributed by atoms with Crippen LogP contribution in [0.1, 0.15) is 18.4 Å². The fraction of sp³-hybridized carbons (Fsp3) is 0.429. The zero-order chi connectivity index (χ0) is 8.43. The Bertz CT molecular complexity index is 317. The highest BCUT2D eigenvalue weighted by atomic mass is 16.3. The van der Waals surface area contributed by atoms with E-state index in [1.165, 1.54) is 0 Å². The highest BCUT2D eigenvalue weighted by Gasteiger charge is 2.03. The van der Waals surface area contributed by atoms with Crippen LogP contribution in [-0.4, -0.2) is 15.1 Å². The second-order valence-corrected chi connectivity index (χ2v) is 2.30. The lowest BCUT2D eigenvalue weighted by molar-refractivity contribution is 0.456. The summed E-state index contributed by atoms with van der Waals surface area (Å²) >= 11 is 0. The summed E-state index contributed by atoms with van der Waals surface area (Å²) in [5, 5.41) is 9.02. The molecule has 0 aliphatic carbocycles. The van der Waals surface area contributed by atoms with Gasteiger partial charge in [0.2, 0.25) is 5.75 Å². The van der Waals surface area contributed by atoms with Crippen LogP contribution in [0.2, 0.25) is 0 Å². The van der Waals surface area contributed by atoms with Crippen LogP contribution in [0.3, 0.4) is 0 Å². The third kappa shape index (κ3) is 1.39. The van der Waals surface area contributed by atoms with Crippen molar-refractivity contribution in [2.24, 2.45) is 0 Å². The maximum absolute atomic E-state index is 10.9.